The van der Waals surface area contributed by atoms with Gasteiger partial charge in [-0.05, 0) is 74.9 Å². The molecule has 1 aliphatic heterocycles. The van der Waals surface area contributed by atoms with Crippen molar-refractivity contribution in [3.63, 3.8) is 0 Å². The molecule has 0 aromatic heterocycles. The van der Waals surface area contributed by atoms with Crippen molar-refractivity contribution < 1.29 is 31.2 Å². The second-order valence-corrected chi connectivity index (χ2v) is 13.7. The summed E-state index contributed by atoms with van der Waals surface area (Å²) >= 11 is 5.66. The number of nitrogens with zero attached hydrogens (tertiary/aromatic N) is 1. The third kappa shape index (κ3) is 7.40. The molecule has 8 nitrogen and oxygen atoms in total. The summed E-state index contributed by atoms with van der Waals surface area (Å²) in [5, 5.41) is 8.31. The molecule has 0 spiro atoms. The largest absolute Gasteiger partial charge is 0.417 e. The lowest BCUT2D eigenvalue weighted by atomic mass is 9.86. The first-order chi connectivity index (χ1) is 19.1. The molecule has 1 heterocycles. The van der Waals surface area contributed by atoms with E-state index in [1.165, 1.54) is 0 Å². The summed E-state index contributed by atoms with van der Waals surface area (Å²) < 4.78 is 67.8. The van der Waals surface area contributed by atoms with Gasteiger partial charge in [-0.1, -0.05) is 29.8 Å². The number of sulfonamides is 1. The number of amides is 2. The number of fused-ring (bicyclic) bond motifs is 1. The molecule has 0 radical (unpaired) electrons. The molecule has 41 heavy (non-hydrogen) atoms. The van der Waals surface area contributed by atoms with Crippen molar-refractivity contribution in [3.05, 3.63) is 63.7 Å². The van der Waals surface area contributed by atoms with Gasteiger partial charge in [-0.2, -0.15) is 17.5 Å². The maximum atomic E-state index is 13.4. The van der Waals surface area contributed by atoms with Gasteiger partial charge >= 0.3 is 6.18 Å². The summed E-state index contributed by atoms with van der Waals surface area (Å²) in [4.78, 5) is 25.3. The molecule has 2 aliphatic rings. The molecule has 0 bridgehead atoms. The number of aryl methyl sites for hydroxylation is 1. The highest BCUT2D eigenvalue weighted by atomic mass is 35.5. The zero-order valence-corrected chi connectivity index (χ0v) is 24.6. The third-order valence-electron chi connectivity index (χ3n) is 7.19. The minimum Gasteiger partial charge on any atom is -0.353 e. The van der Waals surface area contributed by atoms with E-state index in [2.05, 4.69) is 42.8 Å². The van der Waals surface area contributed by atoms with Crippen LogP contribution in [0.5, 0.6) is 0 Å². The number of carbonyl (C=O) groups is 2. The summed E-state index contributed by atoms with van der Waals surface area (Å²) in [6.45, 7) is 6.72. The lowest BCUT2D eigenvalue weighted by Gasteiger charge is -2.34. The van der Waals surface area contributed by atoms with Gasteiger partial charge in [0.05, 0.1) is 27.9 Å². The van der Waals surface area contributed by atoms with Crippen LogP contribution in [0.25, 0.3) is 0 Å². The van der Waals surface area contributed by atoms with Crippen LogP contribution in [-0.2, 0) is 38.8 Å². The second kappa shape index (κ2) is 11.9. The monoisotopic (exact) mass is 614 g/mol. The van der Waals surface area contributed by atoms with Gasteiger partial charge in [0.25, 0.3) is 0 Å². The van der Waals surface area contributed by atoms with Gasteiger partial charge in [0.1, 0.15) is 6.04 Å². The molecule has 3 N–H and O–H groups in total. The minimum absolute atomic E-state index is 0.0344. The second-order valence-electron chi connectivity index (χ2n) is 11.4. The van der Waals surface area contributed by atoms with Crippen molar-refractivity contribution in [3.8, 4) is 0 Å². The first-order valence-corrected chi connectivity index (χ1v) is 15.2. The van der Waals surface area contributed by atoms with Crippen LogP contribution in [0.2, 0.25) is 5.02 Å². The quantitative estimate of drug-likeness (QED) is 0.431. The van der Waals surface area contributed by atoms with Crippen molar-refractivity contribution in [2.75, 3.05) is 13.1 Å². The lowest BCUT2D eigenvalue weighted by Crippen LogP contribution is -2.58. The van der Waals surface area contributed by atoms with Crippen LogP contribution in [0.4, 0.5) is 13.2 Å². The van der Waals surface area contributed by atoms with E-state index in [0.29, 0.717) is 19.0 Å². The maximum absolute atomic E-state index is 13.4. The Balaban J connectivity index is 1.51. The van der Waals surface area contributed by atoms with E-state index in [4.69, 9.17) is 11.6 Å². The van der Waals surface area contributed by atoms with Crippen molar-refractivity contribution in [2.45, 2.75) is 81.7 Å². The lowest BCUT2D eigenvalue weighted by molar-refractivity contribution is -0.137. The van der Waals surface area contributed by atoms with Crippen LogP contribution >= 0.6 is 11.6 Å². The molecule has 2 aromatic carbocycles. The van der Waals surface area contributed by atoms with E-state index in [0.717, 1.165) is 46.0 Å². The Morgan fingerprint density at radius 2 is 1.88 bits per heavy atom. The average Bonchev–Trinajstić information content (AvgIpc) is 2.87. The van der Waals surface area contributed by atoms with Crippen molar-refractivity contribution in [1.82, 2.24) is 20.3 Å². The molecule has 2 atom stereocenters. The number of carbonyl (C=O) groups excluding carboxylic acids is 2. The molecule has 1 saturated heterocycles. The van der Waals surface area contributed by atoms with E-state index < -0.39 is 56.0 Å². The fourth-order valence-electron chi connectivity index (χ4n) is 5.12. The molecule has 13 heteroatoms. The van der Waals surface area contributed by atoms with Crippen molar-refractivity contribution in [1.29, 1.82) is 0 Å². The zero-order chi connectivity index (χ0) is 30.2. The van der Waals surface area contributed by atoms with Crippen molar-refractivity contribution in [2.24, 2.45) is 0 Å². The van der Waals surface area contributed by atoms with E-state index in [9.17, 15) is 31.2 Å². The normalized spacial score (nSPS) is 20.3. The topological polar surface area (TPSA) is 108 Å². The number of hydrogen-bond acceptors (Lipinski definition) is 5. The van der Waals surface area contributed by atoms with E-state index in [1.54, 1.807) is 0 Å². The summed E-state index contributed by atoms with van der Waals surface area (Å²) in [5.74, 6) is -1.23. The Labute approximate surface area is 243 Å². The summed E-state index contributed by atoms with van der Waals surface area (Å²) in [6, 6.07) is 6.65. The van der Waals surface area contributed by atoms with E-state index in [-0.39, 0.29) is 24.7 Å². The molecular weight excluding hydrogens is 581 g/mol. The van der Waals surface area contributed by atoms with Gasteiger partial charge in [0.2, 0.25) is 21.8 Å². The zero-order valence-electron chi connectivity index (χ0n) is 23.1. The van der Waals surface area contributed by atoms with Gasteiger partial charge in [-0.25, -0.2) is 8.42 Å². The first-order valence-electron chi connectivity index (χ1n) is 13.4. The first kappa shape index (κ1) is 31.3. The number of halogens is 4. The molecule has 2 aromatic rings. The Morgan fingerprint density at radius 3 is 2.56 bits per heavy atom. The smallest absolute Gasteiger partial charge is 0.353 e. The number of rotatable bonds is 7. The summed E-state index contributed by atoms with van der Waals surface area (Å²) in [5.41, 5.74) is 1.89. The Morgan fingerprint density at radius 1 is 1.15 bits per heavy atom. The molecule has 1 fully saturated rings. The van der Waals surface area contributed by atoms with Gasteiger partial charge in [-0.3, -0.25) is 9.59 Å². The fourth-order valence-corrected chi connectivity index (χ4v) is 6.96. The van der Waals surface area contributed by atoms with Gasteiger partial charge < -0.3 is 16.0 Å². The van der Waals surface area contributed by atoms with Crippen LogP contribution < -0.4 is 16.0 Å². The molecule has 0 saturated carbocycles. The van der Waals surface area contributed by atoms with Gasteiger partial charge in [0.15, 0.2) is 0 Å². The molecule has 224 valence electrons. The van der Waals surface area contributed by atoms with Crippen LogP contribution in [0.3, 0.4) is 0 Å². The van der Waals surface area contributed by atoms with Crippen LogP contribution in [-0.4, -0.2) is 49.2 Å². The average molecular weight is 615 g/mol. The minimum atomic E-state index is -4.87. The molecule has 2 amide bonds. The maximum Gasteiger partial charge on any atom is 0.417 e. The third-order valence-corrected chi connectivity index (χ3v) is 9.42. The van der Waals surface area contributed by atoms with E-state index >= 15 is 0 Å². The van der Waals surface area contributed by atoms with Gasteiger partial charge in [0, 0.05) is 25.2 Å². The number of hydrogen-bond donors (Lipinski definition) is 3. The number of benzene rings is 2. The SMILES string of the molecule is CC(C)(C)NCc1ccc2c(c1)CCC[C@H]2NC(=O)CC1C(=O)NCCN1S(=O)(=O)c1ccc(Cl)c(C(F)(F)F)c1. The molecule has 1 unspecified atom stereocenters. The highest BCUT2D eigenvalue weighted by Gasteiger charge is 2.41. The van der Waals surface area contributed by atoms with Crippen LogP contribution in [0.15, 0.2) is 41.3 Å². The summed E-state index contributed by atoms with van der Waals surface area (Å²) in [6.07, 6.45) is -2.96. The molecule has 1 aliphatic carbocycles. The number of piperazine rings is 1. The van der Waals surface area contributed by atoms with Crippen LogP contribution in [0, 0.1) is 0 Å². The Hall–Kier alpha value is -2.67. The standard InChI is InChI=1S/C28H34ClF3N4O4S/c1-27(2,3)34-16-17-7-9-20-18(13-17)5-4-6-23(20)35-25(37)15-24-26(38)33-11-12-36(24)41(39,40)19-8-10-22(29)21(14-19)28(30,31)32/h7-10,13-14,23-24,34H,4-6,11-12,15-16H2,1-3H3,(H,33,38)(H,35,37)/t23-,24?/m1/s1. The number of nitrogens with one attached hydrogen (secondary N) is 3. The Bertz CT molecular complexity index is 1430. The molecular formula is C28H34ClF3N4O4S. The molecule has 4 rings (SSSR count). The van der Waals surface area contributed by atoms with Gasteiger partial charge in [-0.15, -0.1) is 0 Å². The summed E-state index contributed by atoms with van der Waals surface area (Å²) in [7, 11) is -4.56. The predicted molar refractivity (Wildman–Crippen MR) is 149 cm³/mol. The highest BCUT2D eigenvalue weighted by Crippen LogP contribution is 2.37. The highest BCUT2D eigenvalue weighted by molar-refractivity contribution is 7.89. The number of alkyl halides is 3. The fraction of sp³-hybridized carbons (Fsp3) is 0.500. The van der Waals surface area contributed by atoms with Crippen molar-refractivity contribution >= 4 is 33.4 Å². The van der Waals surface area contributed by atoms with E-state index in [1.807, 2.05) is 12.1 Å². The van der Waals surface area contributed by atoms with Crippen LogP contribution in [0.1, 0.15) is 68.3 Å². The predicted octanol–water partition coefficient (Wildman–Crippen LogP) is 4.32. The Kier molecular flexibility index (Phi) is 9.08.